The second-order valence-electron chi connectivity index (χ2n) is 20.9. The van der Waals surface area contributed by atoms with Crippen LogP contribution in [0, 0.1) is 18.5 Å². The molecule has 0 radical (unpaired) electrons. The number of fused-ring (bicyclic) bond motifs is 4. The van der Waals surface area contributed by atoms with Gasteiger partial charge in [0.05, 0.1) is 16.7 Å². The second kappa shape index (κ2) is 19.4. The Balaban J connectivity index is 0.00000588. The zero-order valence-corrected chi connectivity index (χ0v) is 44.6. The van der Waals surface area contributed by atoms with Crippen molar-refractivity contribution in [2.45, 2.75) is 52.4 Å². The third-order valence-corrected chi connectivity index (χ3v) is 14.0. The number of hydrogen-bond acceptors (Lipinski definition) is 2. The largest absolute Gasteiger partial charge is 0.510 e. The van der Waals surface area contributed by atoms with Crippen LogP contribution < -0.4 is 9.30 Å². The molecule has 12 rings (SSSR count). The minimum absolute atomic E-state index is 0. The molecule has 6 heteroatoms. The van der Waals surface area contributed by atoms with Crippen molar-refractivity contribution in [3.63, 3.8) is 0 Å². The van der Waals surface area contributed by atoms with Gasteiger partial charge in [-0.15, -0.1) is 29.7 Å². The van der Waals surface area contributed by atoms with Crippen molar-refractivity contribution in [3.8, 4) is 73.2 Å². The molecule has 364 valence electrons. The number of hydrogen-bond donors (Lipinski definition) is 0. The van der Waals surface area contributed by atoms with Crippen LogP contribution in [0.5, 0.6) is 11.5 Å². The van der Waals surface area contributed by atoms with Crippen molar-refractivity contribution >= 4 is 32.8 Å². The normalized spacial score (nSPS) is 11.8. The Kier molecular flexibility index (Phi) is 12.6. The van der Waals surface area contributed by atoms with Crippen LogP contribution in [0.2, 0.25) is 0 Å². The van der Waals surface area contributed by atoms with Crippen molar-refractivity contribution in [2.75, 3.05) is 0 Å². The summed E-state index contributed by atoms with van der Waals surface area (Å²) in [6.45, 7) is 13.4. The van der Waals surface area contributed by atoms with Crippen LogP contribution in [0.3, 0.4) is 0 Å². The number of benzene rings is 9. The van der Waals surface area contributed by atoms with Crippen LogP contribution >= 0.6 is 0 Å². The van der Waals surface area contributed by atoms with E-state index in [2.05, 4.69) is 280 Å². The maximum atomic E-state index is 6.91. The van der Waals surface area contributed by atoms with Gasteiger partial charge in [0, 0.05) is 44.3 Å². The molecule has 0 fully saturated rings. The van der Waals surface area contributed by atoms with Crippen LogP contribution in [0.4, 0.5) is 0 Å². The summed E-state index contributed by atoms with van der Waals surface area (Å²) in [5, 5.41) is 2.21. The third-order valence-electron chi connectivity index (χ3n) is 14.0. The fourth-order valence-electron chi connectivity index (χ4n) is 10.0. The molecule has 3 heterocycles. The summed E-state index contributed by atoms with van der Waals surface area (Å²) in [4.78, 5) is 4.90. The van der Waals surface area contributed by atoms with Gasteiger partial charge in [-0.05, 0) is 90.2 Å². The smallest absolute Gasteiger partial charge is 0.268 e. The molecule has 3 aromatic heterocycles. The van der Waals surface area contributed by atoms with E-state index in [1.54, 1.807) is 0 Å². The predicted octanol–water partition coefficient (Wildman–Crippen LogP) is 16.9. The number of para-hydroxylation sites is 4. The molecule has 0 saturated carbocycles. The standard InChI is InChI=1S/C68H54N4O.Pt/c1-67(2,3)52-38-39-69-65(42-52)72-61-25-14-13-22-59(61)60-37-36-55(44-64(60)72)73-56-41-53(68(4,5)6)40-54(43-56)70-45-71(63-27-16-15-26-62(63)70)66-57(50-32-28-48(29-33-50)46-18-9-7-10-19-46)23-17-24-58(66)51-34-30-49(31-35-51)47-20-11-8-12-21-47;/h7-42H,1-6H3;/q-2;. The minimum Gasteiger partial charge on any atom is -0.510 e. The fourth-order valence-corrected chi connectivity index (χ4v) is 10.0. The molecule has 0 aliphatic rings. The van der Waals surface area contributed by atoms with Gasteiger partial charge >= 0.3 is 0 Å². The minimum atomic E-state index is -0.220. The maximum absolute atomic E-state index is 6.91. The summed E-state index contributed by atoms with van der Waals surface area (Å²) in [5.74, 6) is 2.02. The zero-order chi connectivity index (χ0) is 49.8. The Labute approximate surface area is 448 Å². The quantitative estimate of drug-likeness (QED) is 0.107. The molecule has 0 atom stereocenters. The monoisotopic (exact) mass is 1140 g/mol. The average Bonchev–Trinajstić information content (AvgIpc) is 3.97. The SMILES string of the molecule is CC(C)(C)c1cc(Oc2[c-]c3c(cc2)c2ccccc2n3-c2cc(C(C)(C)C)ccn2)[c-]c(-n2[c-][n+](-c3c(-c4ccc(-c5ccccc5)cc4)cccc3-c3ccc(-c4ccccc4)cc3)c3ccccc32)c1.[Pt]. The van der Waals surface area contributed by atoms with E-state index in [1.807, 2.05) is 12.3 Å². The van der Waals surface area contributed by atoms with Crippen molar-refractivity contribution in [1.29, 1.82) is 0 Å². The summed E-state index contributed by atoms with van der Waals surface area (Å²) in [7, 11) is 0. The van der Waals surface area contributed by atoms with E-state index in [9.17, 15) is 0 Å². The van der Waals surface area contributed by atoms with Gasteiger partial charge in [0.15, 0.2) is 0 Å². The number of nitrogens with zero attached hydrogens (tertiary/aromatic N) is 4. The van der Waals surface area contributed by atoms with Gasteiger partial charge in [-0.3, -0.25) is 4.57 Å². The van der Waals surface area contributed by atoms with Crippen molar-refractivity contribution < 1.29 is 30.4 Å². The summed E-state index contributed by atoms with van der Waals surface area (Å²) in [6, 6.07) is 82.7. The van der Waals surface area contributed by atoms with Gasteiger partial charge in [0.25, 0.3) is 6.33 Å². The molecular weight excluding hydrogens is 1080 g/mol. The third kappa shape index (κ3) is 9.07. The van der Waals surface area contributed by atoms with E-state index < -0.39 is 0 Å². The summed E-state index contributed by atoms with van der Waals surface area (Å²) in [6.07, 6.45) is 5.80. The van der Waals surface area contributed by atoms with Crippen molar-refractivity contribution in [1.82, 2.24) is 14.1 Å². The first-order valence-electron chi connectivity index (χ1n) is 25.0. The molecule has 5 nitrogen and oxygen atoms in total. The molecule has 0 aliphatic heterocycles. The van der Waals surface area contributed by atoms with Crippen LogP contribution in [-0.4, -0.2) is 14.1 Å². The van der Waals surface area contributed by atoms with E-state index in [4.69, 9.17) is 9.72 Å². The Hall–Kier alpha value is -8.11. The van der Waals surface area contributed by atoms with E-state index in [0.29, 0.717) is 11.5 Å². The predicted molar refractivity (Wildman–Crippen MR) is 299 cm³/mol. The molecule has 0 bridgehead atoms. The van der Waals surface area contributed by atoms with E-state index >= 15 is 0 Å². The van der Waals surface area contributed by atoms with Crippen molar-refractivity contribution in [2.24, 2.45) is 0 Å². The molecule has 0 aliphatic carbocycles. The number of aromatic nitrogens is 4. The van der Waals surface area contributed by atoms with Gasteiger partial charge in [0.1, 0.15) is 5.82 Å². The Morgan fingerprint density at radius 2 is 1.01 bits per heavy atom. The molecule has 0 N–H and O–H groups in total. The van der Waals surface area contributed by atoms with Crippen LogP contribution in [0.15, 0.2) is 219 Å². The van der Waals surface area contributed by atoms with Gasteiger partial charge in [-0.1, -0.05) is 217 Å². The zero-order valence-electron chi connectivity index (χ0n) is 42.3. The van der Waals surface area contributed by atoms with E-state index in [0.717, 1.165) is 77.8 Å². The molecule has 9 aromatic carbocycles. The maximum Gasteiger partial charge on any atom is 0.268 e. The molecule has 12 aromatic rings. The topological polar surface area (TPSA) is 35.9 Å². The average molecular weight is 1140 g/mol. The number of imidazole rings is 1. The van der Waals surface area contributed by atoms with Gasteiger partial charge in [-0.2, -0.15) is 17.7 Å². The molecular formula is C68H54N4OPt-2. The van der Waals surface area contributed by atoms with Crippen LogP contribution in [-0.2, 0) is 31.9 Å². The first kappa shape index (κ1) is 48.2. The van der Waals surface area contributed by atoms with Crippen molar-refractivity contribution in [3.05, 3.63) is 248 Å². The van der Waals surface area contributed by atoms with E-state index in [-0.39, 0.29) is 31.9 Å². The molecule has 0 saturated heterocycles. The summed E-state index contributed by atoms with van der Waals surface area (Å²) < 4.78 is 13.5. The molecule has 0 amide bonds. The Morgan fingerprint density at radius 3 is 1.64 bits per heavy atom. The number of pyridine rings is 1. The van der Waals surface area contributed by atoms with Gasteiger partial charge in [-0.25, -0.2) is 4.98 Å². The first-order valence-corrected chi connectivity index (χ1v) is 25.0. The number of ether oxygens (including phenoxy) is 1. The molecule has 74 heavy (non-hydrogen) atoms. The number of rotatable bonds is 9. The van der Waals surface area contributed by atoms with Gasteiger partial charge < -0.3 is 13.9 Å². The molecule has 0 spiro atoms. The summed E-state index contributed by atoms with van der Waals surface area (Å²) in [5.41, 5.74) is 17.0. The fraction of sp³-hybridized carbons (Fsp3) is 0.118. The molecule has 0 unspecified atom stereocenters. The Bertz CT molecular complexity index is 3890. The van der Waals surface area contributed by atoms with E-state index in [1.165, 1.54) is 27.8 Å². The summed E-state index contributed by atoms with van der Waals surface area (Å²) >= 11 is 0. The second-order valence-corrected chi connectivity index (χ2v) is 20.9. The van der Waals surface area contributed by atoms with Crippen LogP contribution in [0.1, 0.15) is 52.7 Å². The first-order chi connectivity index (χ1) is 35.4. The van der Waals surface area contributed by atoms with Gasteiger partial charge in [0.2, 0.25) is 0 Å². The Morgan fingerprint density at radius 1 is 0.459 bits per heavy atom. The van der Waals surface area contributed by atoms with Crippen LogP contribution in [0.25, 0.3) is 94.5 Å².